The molecule has 4 N–H and O–H groups in total. The lowest BCUT2D eigenvalue weighted by molar-refractivity contribution is -0.119. The number of para-hydroxylation sites is 2. The van der Waals surface area contributed by atoms with Crippen molar-refractivity contribution in [1.29, 1.82) is 0 Å². The van der Waals surface area contributed by atoms with E-state index in [-0.39, 0.29) is 24.8 Å². The average Bonchev–Trinajstić information content (AvgIpc) is 3.04. The second kappa shape index (κ2) is 8.66. The second-order valence-corrected chi connectivity index (χ2v) is 6.02. The number of nitrogens with two attached hydrogens (primary N) is 1. The van der Waals surface area contributed by atoms with Gasteiger partial charge in [-0.05, 0) is 18.2 Å². The molecule has 3 aromatic rings. The van der Waals surface area contributed by atoms with Crippen LogP contribution in [0.1, 0.15) is 12.0 Å². The van der Waals surface area contributed by atoms with Crippen molar-refractivity contribution >= 4 is 34.6 Å². The molecule has 1 aromatic heterocycles. The first-order valence-corrected chi connectivity index (χ1v) is 8.60. The molecule has 2 aromatic carbocycles. The van der Waals surface area contributed by atoms with Crippen LogP contribution in [0.15, 0.2) is 65.9 Å². The number of amides is 2. The number of nitrogens with one attached hydrogen (secondary N) is 2. The van der Waals surface area contributed by atoms with Crippen molar-refractivity contribution in [3.8, 4) is 0 Å². The van der Waals surface area contributed by atoms with Gasteiger partial charge in [0, 0.05) is 41.3 Å². The predicted octanol–water partition coefficient (Wildman–Crippen LogP) is 2.08. The van der Waals surface area contributed by atoms with Gasteiger partial charge in [0.1, 0.15) is 0 Å². The number of primary amides is 1. The topological polar surface area (TPSA) is 102 Å². The molecular formula is C20H21N5O2. The molecule has 7 nitrogen and oxygen atoms in total. The molecule has 0 saturated heterocycles. The Morgan fingerprint density at radius 1 is 1.07 bits per heavy atom. The molecule has 0 radical (unpaired) electrons. The Hall–Kier alpha value is -3.61. The van der Waals surface area contributed by atoms with Gasteiger partial charge in [-0.3, -0.25) is 9.59 Å². The minimum absolute atomic E-state index is 0.127. The number of hydrogen-bond donors (Lipinski definition) is 3. The van der Waals surface area contributed by atoms with Crippen LogP contribution >= 0.6 is 0 Å². The maximum Gasteiger partial charge on any atom is 0.259 e. The zero-order valence-corrected chi connectivity index (χ0v) is 14.8. The molecule has 0 aliphatic heterocycles. The molecule has 0 fully saturated rings. The van der Waals surface area contributed by atoms with E-state index in [4.69, 9.17) is 5.73 Å². The Bertz CT molecular complexity index is 963. The Morgan fingerprint density at radius 3 is 2.59 bits per heavy atom. The van der Waals surface area contributed by atoms with E-state index in [0.717, 1.165) is 22.2 Å². The summed E-state index contributed by atoms with van der Waals surface area (Å²) in [4.78, 5) is 23.0. The fourth-order valence-corrected chi connectivity index (χ4v) is 2.75. The fraction of sp³-hybridized carbons (Fsp3) is 0.150. The summed E-state index contributed by atoms with van der Waals surface area (Å²) in [5.41, 5.74) is 10.5. The highest BCUT2D eigenvalue weighted by atomic mass is 16.2. The number of nitrogens with zero attached hydrogens (tertiary/aromatic N) is 2. The first kappa shape index (κ1) is 18.2. The molecule has 1 heterocycles. The van der Waals surface area contributed by atoms with Crippen molar-refractivity contribution in [2.24, 2.45) is 10.8 Å². The van der Waals surface area contributed by atoms with Crippen molar-refractivity contribution in [3.63, 3.8) is 0 Å². The number of carbonyl (C=O) groups is 2. The Kier molecular flexibility index (Phi) is 5.84. The Balaban J connectivity index is 1.63. The van der Waals surface area contributed by atoms with E-state index in [1.54, 1.807) is 6.21 Å². The largest absolute Gasteiger partial charge is 0.376 e. The van der Waals surface area contributed by atoms with Gasteiger partial charge in [-0.2, -0.15) is 5.10 Å². The van der Waals surface area contributed by atoms with E-state index >= 15 is 0 Å². The number of hydrogen-bond acceptors (Lipinski definition) is 4. The molecule has 0 atom stereocenters. The number of aryl methyl sites for hydroxylation is 1. The van der Waals surface area contributed by atoms with Crippen LogP contribution in [0, 0.1) is 0 Å². The Morgan fingerprint density at radius 2 is 1.81 bits per heavy atom. The van der Waals surface area contributed by atoms with E-state index in [1.165, 1.54) is 0 Å². The number of fused-ring (bicyclic) bond motifs is 1. The summed E-state index contributed by atoms with van der Waals surface area (Å²) < 4.78 is 1.96. The third-order valence-corrected chi connectivity index (χ3v) is 4.04. The molecule has 0 unspecified atom stereocenters. The summed E-state index contributed by atoms with van der Waals surface area (Å²) in [6, 6.07) is 17.3. The van der Waals surface area contributed by atoms with Gasteiger partial charge in [0.05, 0.1) is 12.8 Å². The van der Waals surface area contributed by atoms with Gasteiger partial charge in [-0.1, -0.05) is 36.4 Å². The number of aromatic nitrogens is 1. The van der Waals surface area contributed by atoms with Crippen LogP contribution in [-0.2, 0) is 16.1 Å². The molecule has 0 bridgehead atoms. The highest BCUT2D eigenvalue weighted by Gasteiger charge is 2.07. The van der Waals surface area contributed by atoms with Crippen LogP contribution in [0.3, 0.4) is 0 Å². The van der Waals surface area contributed by atoms with Crippen molar-refractivity contribution in [3.05, 3.63) is 66.4 Å². The highest BCUT2D eigenvalue weighted by Crippen LogP contribution is 2.20. The third-order valence-electron chi connectivity index (χ3n) is 4.04. The lowest BCUT2D eigenvalue weighted by Crippen LogP contribution is -2.25. The quantitative estimate of drug-likeness (QED) is 0.422. The van der Waals surface area contributed by atoms with Gasteiger partial charge < -0.3 is 15.6 Å². The van der Waals surface area contributed by atoms with Crippen LogP contribution in [-0.4, -0.2) is 29.1 Å². The summed E-state index contributed by atoms with van der Waals surface area (Å²) in [6.07, 6.45) is 3.76. The van der Waals surface area contributed by atoms with Crippen LogP contribution in [0.25, 0.3) is 10.9 Å². The minimum Gasteiger partial charge on any atom is -0.376 e. The summed E-state index contributed by atoms with van der Waals surface area (Å²) >= 11 is 0. The second-order valence-electron chi connectivity index (χ2n) is 6.02. The monoisotopic (exact) mass is 363 g/mol. The SMILES string of the molecule is NC(=O)CCn1cc(/C=N\NC(=O)CNc2ccccc2)c2ccccc21. The normalized spacial score (nSPS) is 11.0. The molecular weight excluding hydrogens is 342 g/mol. The van der Waals surface area contributed by atoms with Gasteiger partial charge in [0.15, 0.2) is 0 Å². The van der Waals surface area contributed by atoms with Crippen molar-refractivity contribution in [1.82, 2.24) is 9.99 Å². The molecule has 3 rings (SSSR count). The molecule has 0 aliphatic carbocycles. The van der Waals surface area contributed by atoms with Gasteiger partial charge in [0.2, 0.25) is 5.91 Å². The molecule has 7 heteroatoms. The van der Waals surface area contributed by atoms with E-state index in [9.17, 15) is 9.59 Å². The summed E-state index contributed by atoms with van der Waals surface area (Å²) in [7, 11) is 0. The van der Waals surface area contributed by atoms with Crippen LogP contribution in [0.5, 0.6) is 0 Å². The number of benzene rings is 2. The first-order valence-electron chi connectivity index (χ1n) is 8.60. The minimum atomic E-state index is -0.346. The summed E-state index contributed by atoms with van der Waals surface area (Å²) in [6.45, 7) is 0.624. The van der Waals surface area contributed by atoms with Gasteiger partial charge >= 0.3 is 0 Å². The molecule has 138 valence electrons. The lowest BCUT2D eigenvalue weighted by atomic mass is 10.2. The number of anilines is 1. The van der Waals surface area contributed by atoms with Crippen molar-refractivity contribution in [2.75, 3.05) is 11.9 Å². The zero-order chi connectivity index (χ0) is 19.1. The summed E-state index contributed by atoms with van der Waals surface area (Å²) in [5.74, 6) is -0.589. The molecule has 0 saturated carbocycles. The first-order chi connectivity index (χ1) is 13.1. The van der Waals surface area contributed by atoms with E-state index in [2.05, 4.69) is 15.8 Å². The standard InChI is InChI=1S/C20H21N5O2/c21-19(26)10-11-25-14-15(17-8-4-5-9-18(17)25)12-23-24-20(27)13-22-16-6-2-1-3-7-16/h1-9,12,14,22H,10-11,13H2,(H2,21,26)(H,24,27)/b23-12-. The molecule has 2 amide bonds. The van der Waals surface area contributed by atoms with E-state index < -0.39 is 0 Å². The third kappa shape index (κ3) is 4.94. The van der Waals surface area contributed by atoms with Gasteiger partial charge in [-0.25, -0.2) is 5.43 Å². The van der Waals surface area contributed by atoms with Gasteiger partial charge in [0.25, 0.3) is 5.91 Å². The number of hydrazone groups is 1. The maximum atomic E-state index is 11.9. The molecule has 27 heavy (non-hydrogen) atoms. The maximum absolute atomic E-state index is 11.9. The van der Waals surface area contributed by atoms with Crippen molar-refractivity contribution < 1.29 is 9.59 Å². The van der Waals surface area contributed by atoms with Crippen LogP contribution in [0.2, 0.25) is 0 Å². The smallest absolute Gasteiger partial charge is 0.259 e. The lowest BCUT2D eigenvalue weighted by Gasteiger charge is -2.04. The van der Waals surface area contributed by atoms with E-state index in [0.29, 0.717) is 6.54 Å². The average molecular weight is 363 g/mol. The zero-order valence-electron chi connectivity index (χ0n) is 14.8. The Labute approximate surface area is 156 Å². The highest BCUT2D eigenvalue weighted by molar-refractivity contribution is 5.99. The predicted molar refractivity (Wildman–Crippen MR) is 106 cm³/mol. The molecule has 0 aliphatic rings. The summed E-state index contributed by atoms with van der Waals surface area (Å²) in [5, 5.41) is 8.05. The number of rotatable bonds is 8. The number of carbonyl (C=O) groups excluding carboxylic acids is 2. The fourth-order valence-electron chi connectivity index (χ4n) is 2.75. The molecule has 0 spiro atoms. The van der Waals surface area contributed by atoms with Gasteiger partial charge in [-0.15, -0.1) is 0 Å². The van der Waals surface area contributed by atoms with Crippen molar-refractivity contribution in [2.45, 2.75) is 13.0 Å². The van der Waals surface area contributed by atoms with Crippen LogP contribution < -0.4 is 16.5 Å². The van der Waals surface area contributed by atoms with E-state index in [1.807, 2.05) is 65.4 Å². The van der Waals surface area contributed by atoms with Crippen LogP contribution in [0.4, 0.5) is 5.69 Å².